The van der Waals surface area contributed by atoms with Gasteiger partial charge in [-0.15, -0.1) is 11.3 Å². The summed E-state index contributed by atoms with van der Waals surface area (Å²) < 4.78 is 6.30. The van der Waals surface area contributed by atoms with E-state index in [0.717, 1.165) is 11.0 Å². The maximum atomic E-state index is 12.0. The Morgan fingerprint density at radius 3 is 2.74 bits per heavy atom. The van der Waals surface area contributed by atoms with E-state index in [0.29, 0.717) is 10.6 Å². The predicted molar refractivity (Wildman–Crippen MR) is 111 cm³/mol. The molecular formula is C22H17ClO3S. The Balaban J connectivity index is 1.52. The number of fused-ring (bicyclic) bond motifs is 1. The quantitative estimate of drug-likeness (QED) is 0.298. The summed E-state index contributed by atoms with van der Waals surface area (Å²) in [5.41, 5.74) is 1.57. The smallest absolute Gasteiger partial charge is 0.331 e. The summed E-state index contributed by atoms with van der Waals surface area (Å²) in [5.74, 6) is -0.916. The van der Waals surface area contributed by atoms with E-state index in [9.17, 15) is 9.59 Å². The number of carbonyl (C=O) groups excluding carboxylic acids is 2. The summed E-state index contributed by atoms with van der Waals surface area (Å²) in [6.45, 7) is 2.20. The van der Waals surface area contributed by atoms with Crippen LogP contribution in [0.1, 0.15) is 20.8 Å². The Kier molecular flexibility index (Phi) is 6.22. The molecular weight excluding hydrogens is 380 g/mol. The molecule has 3 aromatic rings. The lowest BCUT2D eigenvalue weighted by molar-refractivity contribution is -0.136. The van der Waals surface area contributed by atoms with E-state index in [2.05, 4.69) is 31.2 Å². The number of benzene rings is 2. The molecule has 3 rings (SSSR count). The summed E-state index contributed by atoms with van der Waals surface area (Å²) in [5, 5.41) is 1.56. The first kappa shape index (κ1) is 19.1. The first-order valence-corrected chi connectivity index (χ1v) is 9.53. The van der Waals surface area contributed by atoms with Crippen molar-refractivity contribution in [3.8, 4) is 0 Å². The zero-order valence-corrected chi connectivity index (χ0v) is 16.2. The number of rotatable bonds is 6. The second-order valence-corrected chi connectivity index (χ2v) is 7.42. The Bertz CT molecular complexity index is 1050. The van der Waals surface area contributed by atoms with Crippen LogP contribution in [0.5, 0.6) is 0 Å². The first-order valence-electron chi connectivity index (χ1n) is 8.33. The van der Waals surface area contributed by atoms with Gasteiger partial charge in [-0.2, -0.15) is 0 Å². The monoisotopic (exact) mass is 396 g/mol. The lowest BCUT2D eigenvalue weighted by Gasteiger charge is -1.99. The van der Waals surface area contributed by atoms with Crippen LogP contribution in [-0.2, 0) is 9.53 Å². The van der Waals surface area contributed by atoms with Crippen LogP contribution < -0.4 is 0 Å². The fourth-order valence-electron chi connectivity index (χ4n) is 2.50. The largest absolute Gasteiger partial charge is 0.458 e. The summed E-state index contributed by atoms with van der Waals surface area (Å²) in [6, 6.07) is 15.1. The molecule has 0 amide bonds. The van der Waals surface area contributed by atoms with Crippen LogP contribution >= 0.6 is 22.9 Å². The second kappa shape index (κ2) is 8.80. The van der Waals surface area contributed by atoms with Crippen LogP contribution in [-0.4, -0.2) is 18.4 Å². The van der Waals surface area contributed by atoms with Gasteiger partial charge in [-0.1, -0.05) is 41.4 Å². The standard InChI is InChI=1S/C22H17ClO3S/c1-15-8-10-21-16(13-15)14-17(27-21)5-4-12-26-22(25)11-9-20(24)18-6-2-3-7-19(18)23/h2-11,13-14H,12H2,1H3/b5-4+,11-9+. The van der Waals surface area contributed by atoms with Crippen LogP contribution in [0.3, 0.4) is 0 Å². The molecule has 0 atom stereocenters. The topological polar surface area (TPSA) is 43.4 Å². The summed E-state index contributed by atoms with van der Waals surface area (Å²) in [4.78, 5) is 24.8. The molecule has 1 heterocycles. The van der Waals surface area contributed by atoms with Crippen molar-refractivity contribution in [3.63, 3.8) is 0 Å². The number of allylic oxidation sites excluding steroid dienone is 1. The molecule has 0 aliphatic carbocycles. The fourth-order valence-corrected chi connectivity index (χ4v) is 3.71. The molecule has 27 heavy (non-hydrogen) atoms. The highest BCUT2D eigenvalue weighted by atomic mass is 35.5. The average molecular weight is 397 g/mol. The van der Waals surface area contributed by atoms with Gasteiger partial charge in [-0.25, -0.2) is 4.79 Å². The minimum Gasteiger partial charge on any atom is -0.458 e. The van der Waals surface area contributed by atoms with Gasteiger partial charge in [0.2, 0.25) is 0 Å². The molecule has 136 valence electrons. The van der Waals surface area contributed by atoms with Crippen LogP contribution in [0.25, 0.3) is 16.2 Å². The van der Waals surface area contributed by atoms with E-state index in [1.54, 1.807) is 41.7 Å². The van der Waals surface area contributed by atoms with E-state index >= 15 is 0 Å². The molecule has 0 radical (unpaired) electrons. The lowest BCUT2D eigenvalue weighted by atomic mass is 10.1. The molecule has 0 aliphatic heterocycles. The van der Waals surface area contributed by atoms with Gasteiger partial charge in [0, 0.05) is 21.2 Å². The molecule has 3 nitrogen and oxygen atoms in total. The van der Waals surface area contributed by atoms with Gasteiger partial charge >= 0.3 is 5.97 Å². The molecule has 5 heteroatoms. The molecule has 1 aromatic heterocycles. The van der Waals surface area contributed by atoms with Crippen molar-refractivity contribution in [1.82, 2.24) is 0 Å². The van der Waals surface area contributed by atoms with E-state index in [4.69, 9.17) is 16.3 Å². The van der Waals surface area contributed by atoms with E-state index < -0.39 is 5.97 Å². The van der Waals surface area contributed by atoms with Crippen LogP contribution in [0.2, 0.25) is 5.02 Å². The van der Waals surface area contributed by atoms with Crippen molar-refractivity contribution in [1.29, 1.82) is 0 Å². The average Bonchev–Trinajstić information content (AvgIpc) is 3.05. The molecule has 0 saturated carbocycles. The predicted octanol–water partition coefficient (Wildman–Crippen LogP) is 5.86. The van der Waals surface area contributed by atoms with Gasteiger partial charge in [0.05, 0.1) is 5.02 Å². The minimum atomic E-state index is -0.577. The molecule has 0 bridgehead atoms. The zero-order valence-electron chi connectivity index (χ0n) is 14.6. The SMILES string of the molecule is Cc1ccc2sc(/C=C/COC(=O)/C=C/C(=O)c3ccccc3Cl)cc2c1. The lowest BCUT2D eigenvalue weighted by Crippen LogP contribution is -2.02. The normalized spacial score (nSPS) is 11.5. The first-order chi connectivity index (χ1) is 13.0. The number of ketones is 1. The van der Waals surface area contributed by atoms with Crippen molar-refractivity contribution >= 4 is 50.9 Å². The highest BCUT2D eigenvalue weighted by Gasteiger charge is 2.07. The highest BCUT2D eigenvalue weighted by molar-refractivity contribution is 7.19. The Morgan fingerprint density at radius 1 is 1.11 bits per heavy atom. The number of carbonyl (C=O) groups is 2. The van der Waals surface area contributed by atoms with Gasteiger partial charge in [0.15, 0.2) is 5.78 Å². The third kappa shape index (κ3) is 5.16. The number of hydrogen-bond acceptors (Lipinski definition) is 4. The highest BCUT2D eigenvalue weighted by Crippen LogP contribution is 2.27. The minimum absolute atomic E-state index is 0.136. The van der Waals surface area contributed by atoms with E-state index in [1.165, 1.54) is 21.7 Å². The van der Waals surface area contributed by atoms with Gasteiger partial charge in [-0.3, -0.25) is 4.79 Å². The van der Waals surface area contributed by atoms with Crippen molar-refractivity contribution in [2.75, 3.05) is 6.61 Å². The number of esters is 1. The number of aryl methyl sites for hydroxylation is 1. The Labute approximate surface area is 166 Å². The molecule has 0 saturated heterocycles. The molecule has 0 spiro atoms. The summed E-state index contributed by atoms with van der Waals surface area (Å²) >= 11 is 7.63. The van der Waals surface area contributed by atoms with Crippen molar-refractivity contribution < 1.29 is 14.3 Å². The van der Waals surface area contributed by atoms with Crippen LogP contribution in [0.15, 0.2) is 66.8 Å². The van der Waals surface area contributed by atoms with Crippen molar-refractivity contribution in [3.05, 3.63) is 87.8 Å². The van der Waals surface area contributed by atoms with Gasteiger partial charge in [-0.05, 0) is 54.8 Å². The van der Waals surface area contributed by atoms with Gasteiger partial charge in [0.1, 0.15) is 6.61 Å². The maximum absolute atomic E-state index is 12.0. The number of halogens is 1. The second-order valence-electron chi connectivity index (χ2n) is 5.90. The third-order valence-electron chi connectivity index (χ3n) is 3.80. The summed E-state index contributed by atoms with van der Waals surface area (Å²) in [6.07, 6.45) is 5.98. The molecule has 0 aliphatic rings. The number of thiophene rings is 1. The molecule has 2 aromatic carbocycles. The molecule has 0 fully saturated rings. The van der Waals surface area contributed by atoms with Gasteiger partial charge < -0.3 is 4.74 Å². The molecule has 0 N–H and O–H groups in total. The summed E-state index contributed by atoms with van der Waals surface area (Å²) in [7, 11) is 0. The number of ether oxygens (including phenoxy) is 1. The third-order valence-corrected chi connectivity index (χ3v) is 5.22. The number of hydrogen-bond donors (Lipinski definition) is 0. The van der Waals surface area contributed by atoms with Crippen molar-refractivity contribution in [2.45, 2.75) is 6.92 Å². The van der Waals surface area contributed by atoms with E-state index in [-0.39, 0.29) is 12.4 Å². The Morgan fingerprint density at radius 2 is 1.93 bits per heavy atom. The fraction of sp³-hybridized carbons (Fsp3) is 0.0909. The Hall–Kier alpha value is -2.69. The van der Waals surface area contributed by atoms with Crippen LogP contribution in [0.4, 0.5) is 0 Å². The van der Waals surface area contributed by atoms with Gasteiger partial charge in [0.25, 0.3) is 0 Å². The van der Waals surface area contributed by atoms with Crippen molar-refractivity contribution in [2.24, 2.45) is 0 Å². The maximum Gasteiger partial charge on any atom is 0.331 e. The van der Waals surface area contributed by atoms with E-state index in [1.807, 2.05) is 6.08 Å². The van der Waals surface area contributed by atoms with Crippen LogP contribution in [0, 0.1) is 6.92 Å². The molecule has 0 unspecified atom stereocenters. The zero-order chi connectivity index (χ0) is 19.2.